The van der Waals surface area contributed by atoms with Crippen LogP contribution in [0.15, 0.2) is 48.5 Å². The largest absolute Gasteiger partial charge is 0.496 e. The molecule has 2 aromatic carbocycles. The summed E-state index contributed by atoms with van der Waals surface area (Å²) in [5, 5.41) is 17.3. The Kier molecular flexibility index (Phi) is 8.89. The summed E-state index contributed by atoms with van der Waals surface area (Å²) < 4.78 is 5.48. The van der Waals surface area contributed by atoms with Gasteiger partial charge in [-0.15, -0.1) is 12.4 Å². The molecule has 162 valence electrons. The first-order chi connectivity index (χ1) is 14.1. The van der Waals surface area contributed by atoms with E-state index in [2.05, 4.69) is 10.6 Å². The van der Waals surface area contributed by atoms with E-state index in [0.717, 1.165) is 23.5 Å². The molecule has 1 amide bonds. The summed E-state index contributed by atoms with van der Waals surface area (Å²) in [5.74, 6) is 0.909. The van der Waals surface area contributed by atoms with Crippen molar-refractivity contribution in [3.63, 3.8) is 0 Å². The summed E-state index contributed by atoms with van der Waals surface area (Å²) in [6.07, 6.45) is 1.12. The Hall–Kier alpha value is -2.84. The number of piperazine rings is 1. The molecule has 1 aliphatic heterocycles. The van der Waals surface area contributed by atoms with Gasteiger partial charge in [0.1, 0.15) is 5.75 Å². The molecule has 2 aromatic rings. The van der Waals surface area contributed by atoms with Crippen LogP contribution in [-0.4, -0.2) is 49.0 Å². The van der Waals surface area contributed by atoms with Crippen molar-refractivity contribution in [2.45, 2.75) is 18.9 Å². The quantitative estimate of drug-likeness (QED) is 0.375. The van der Waals surface area contributed by atoms with Gasteiger partial charge in [0.2, 0.25) is 5.91 Å². The van der Waals surface area contributed by atoms with Gasteiger partial charge in [0, 0.05) is 56.0 Å². The predicted molar refractivity (Wildman–Crippen MR) is 118 cm³/mol. The van der Waals surface area contributed by atoms with E-state index in [0.29, 0.717) is 32.5 Å². The minimum absolute atomic E-state index is 0. The van der Waals surface area contributed by atoms with Crippen LogP contribution in [0.25, 0.3) is 0 Å². The van der Waals surface area contributed by atoms with Gasteiger partial charge >= 0.3 is 0 Å². The highest BCUT2D eigenvalue weighted by Crippen LogP contribution is 2.30. The monoisotopic (exact) mass is 434 g/mol. The number of amides is 1. The van der Waals surface area contributed by atoms with Crippen LogP contribution in [-0.2, 0) is 4.79 Å². The second-order valence-electron chi connectivity index (χ2n) is 6.88. The number of nitrogens with one attached hydrogen (secondary N) is 2. The molecule has 1 unspecified atom stereocenters. The summed E-state index contributed by atoms with van der Waals surface area (Å²) in [7, 11) is 1.64. The number of carbonyl (C=O) groups excluding carboxylic acids is 1. The van der Waals surface area contributed by atoms with Crippen molar-refractivity contribution >= 4 is 29.7 Å². The minimum Gasteiger partial charge on any atom is -0.496 e. The number of halogens is 1. The number of anilines is 1. The Bertz CT molecular complexity index is 847. The number of rotatable bonds is 8. The normalized spacial score (nSPS) is 15.8. The van der Waals surface area contributed by atoms with E-state index >= 15 is 0 Å². The Morgan fingerprint density at radius 2 is 2.00 bits per heavy atom. The number of ether oxygens (including phenoxy) is 1. The van der Waals surface area contributed by atoms with Crippen LogP contribution in [0.4, 0.5) is 11.4 Å². The Labute approximate surface area is 182 Å². The number of nitro groups is 1. The molecule has 0 spiro atoms. The maximum atomic E-state index is 12.9. The summed E-state index contributed by atoms with van der Waals surface area (Å²) in [4.78, 5) is 25.1. The third kappa shape index (κ3) is 5.84. The van der Waals surface area contributed by atoms with Crippen LogP contribution >= 0.6 is 12.4 Å². The molecule has 0 aliphatic carbocycles. The van der Waals surface area contributed by atoms with Crippen molar-refractivity contribution in [3.05, 3.63) is 64.2 Å². The van der Waals surface area contributed by atoms with Crippen LogP contribution in [0.3, 0.4) is 0 Å². The molecule has 2 N–H and O–H groups in total. The SMILES string of the molecule is COc1ccccc1C1CNCCN1C(=O)CCCNc1ccc([N+](=O)[O-])cc1.Cl. The van der Waals surface area contributed by atoms with Gasteiger partial charge in [-0.2, -0.15) is 0 Å². The molecule has 0 aromatic heterocycles. The van der Waals surface area contributed by atoms with Crippen molar-refractivity contribution < 1.29 is 14.5 Å². The molecule has 1 aliphatic rings. The van der Waals surface area contributed by atoms with Crippen molar-refractivity contribution in [1.29, 1.82) is 0 Å². The molecule has 0 saturated carbocycles. The van der Waals surface area contributed by atoms with Crippen LogP contribution in [0.1, 0.15) is 24.4 Å². The fourth-order valence-electron chi connectivity index (χ4n) is 3.54. The average Bonchev–Trinajstić information content (AvgIpc) is 2.76. The predicted octanol–water partition coefficient (Wildman–Crippen LogP) is 3.39. The summed E-state index contributed by atoms with van der Waals surface area (Å²) >= 11 is 0. The highest BCUT2D eigenvalue weighted by atomic mass is 35.5. The van der Waals surface area contributed by atoms with E-state index in [9.17, 15) is 14.9 Å². The lowest BCUT2D eigenvalue weighted by atomic mass is 10.0. The van der Waals surface area contributed by atoms with E-state index in [1.807, 2.05) is 29.2 Å². The van der Waals surface area contributed by atoms with Crippen LogP contribution in [0.5, 0.6) is 5.75 Å². The van der Waals surface area contributed by atoms with Gasteiger partial charge in [0.25, 0.3) is 5.69 Å². The van der Waals surface area contributed by atoms with E-state index < -0.39 is 4.92 Å². The third-order valence-electron chi connectivity index (χ3n) is 5.04. The van der Waals surface area contributed by atoms with Crippen molar-refractivity contribution in [1.82, 2.24) is 10.2 Å². The number of nitro benzene ring substituents is 1. The maximum Gasteiger partial charge on any atom is 0.269 e. The minimum atomic E-state index is -0.423. The Balaban J connectivity index is 0.00000320. The van der Waals surface area contributed by atoms with Gasteiger partial charge in [-0.25, -0.2) is 0 Å². The molecule has 9 heteroatoms. The fourth-order valence-corrected chi connectivity index (χ4v) is 3.54. The summed E-state index contributed by atoms with van der Waals surface area (Å²) in [6.45, 7) is 2.76. The number of non-ortho nitro benzene ring substituents is 1. The van der Waals surface area contributed by atoms with Crippen molar-refractivity contribution in [2.24, 2.45) is 0 Å². The fraction of sp³-hybridized carbons (Fsp3) is 0.381. The van der Waals surface area contributed by atoms with Gasteiger partial charge in [0.05, 0.1) is 18.1 Å². The standard InChI is InChI=1S/C21H26N4O4.ClH/c1-29-20-6-3-2-5-18(20)19-15-22-13-14-24(19)21(26)7-4-12-23-16-8-10-17(11-9-16)25(27)28;/h2-3,5-6,8-11,19,22-23H,4,7,12-15H2,1H3;1H. The summed E-state index contributed by atoms with van der Waals surface area (Å²) in [6, 6.07) is 14.0. The van der Waals surface area contributed by atoms with Crippen LogP contribution in [0.2, 0.25) is 0 Å². The van der Waals surface area contributed by atoms with Crippen molar-refractivity contribution in [3.8, 4) is 5.75 Å². The van der Waals surface area contributed by atoms with Crippen LogP contribution < -0.4 is 15.4 Å². The zero-order valence-electron chi connectivity index (χ0n) is 16.9. The van der Waals surface area contributed by atoms with Gasteiger partial charge in [-0.1, -0.05) is 18.2 Å². The molecular formula is C21H27ClN4O4. The first kappa shape index (κ1) is 23.4. The highest BCUT2D eigenvalue weighted by molar-refractivity contribution is 5.85. The zero-order chi connectivity index (χ0) is 20.6. The lowest BCUT2D eigenvalue weighted by molar-refractivity contribution is -0.384. The van der Waals surface area contributed by atoms with E-state index in [1.54, 1.807) is 19.2 Å². The molecule has 1 saturated heterocycles. The Morgan fingerprint density at radius 3 is 2.70 bits per heavy atom. The van der Waals surface area contributed by atoms with Crippen molar-refractivity contribution in [2.75, 3.05) is 38.6 Å². The lowest BCUT2D eigenvalue weighted by Crippen LogP contribution is -2.48. The Morgan fingerprint density at radius 1 is 1.27 bits per heavy atom. The topological polar surface area (TPSA) is 96.7 Å². The molecule has 0 bridgehead atoms. The molecule has 3 rings (SSSR count). The number of hydrogen-bond acceptors (Lipinski definition) is 6. The second-order valence-corrected chi connectivity index (χ2v) is 6.88. The lowest BCUT2D eigenvalue weighted by Gasteiger charge is -2.37. The van der Waals surface area contributed by atoms with Gasteiger partial charge in [-0.05, 0) is 24.6 Å². The van der Waals surface area contributed by atoms with Crippen LogP contribution in [0, 0.1) is 10.1 Å². The van der Waals surface area contributed by atoms with Gasteiger partial charge < -0.3 is 20.3 Å². The van der Waals surface area contributed by atoms with E-state index in [1.165, 1.54) is 12.1 Å². The van der Waals surface area contributed by atoms with E-state index in [-0.39, 0.29) is 30.0 Å². The number of methoxy groups -OCH3 is 1. The molecule has 1 atom stereocenters. The smallest absolute Gasteiger partial charge is 0.269 e. The number of benzene rings is 2. The first-order valence-corrected chi connectivity index (χ1v) is 9.71. The number of nitrogens with zero attached hydrogens (tertiary/aromatic N) is 2. The maximum absolute atomic E-state index is 12.9. The van der Waals surface area contributed by atoms with Gasteiger partial charge in [0.15, 0.2) is 0 Å². The molecule has 1 heterocycles. The highest BCUT2D eigenvalue weighted by Gasteiger charge is 2.29. The molecule has 0 radical (unpaired) electrons. The number of carbonyl (C=O) groups is 1. The third-order valence-corrected chi connectivity index (χ3v) is 5.04. The molecule has 30 heavy (non-hydrogen) atoms. The molecular weight excluding hydrogens is 408 g/mol. The number of para-hydroxylation sites is 1. The average molecular weight is 435 g/mol. The number of hydrogen-bond donors (Lipinski definition) is 2. The first-order valence-electron chi connectivity index (χ1n) is 9.71. The summed E-state index contributed by atoms with van der Waals surface area (Å²) in [5.41, 5.74) is 1.88. The van der Waals surface area contributed by atoms with Gasteiger partial charge in [-0.3, -0.25) is 14.9 Å². The molecule has 1 fully saturated rings. The molecule has 8 nitrogen and oxygen atoms in total. The second kappa shape index (κ2) is 11.4. The zero-order valence-corrected chi connectivity index (χ0v) is 17.7. The van der Waals surface area contributed by atoms with E-state index in [4.69, 9.17) is 4.74 Å².